The molecule has 0 aromatic heterocycles. The summed E-state index contributed by atoms with van der Waals surface area (Å²) in [5.74, 6) is 1.13. The molecular weight excluding hydrogens is 246 g/mol. The largest absolute Gasteiger partial charge is 0.490 e. The van der Waals surface area contributed by atoms with Crippen molar-refractivity contribution < 1.29 is 19.0 Å². The maximum absolute atomic E-state index is 11.9. The summed E-state index contributed by atoms with van der Waals surface area (Å²) in [6.07, 6.45) is 0.179. The van der Waals surface area contributed by atoms with Crippen LogP contribution in [0.2, 0.25) is 0 Å². The van der Waals surface area contributed by atoms with Gasteiger partial charge in [0.05, 0.1) is 25.9 Å². The van der Waals surface area contributed by atoms with Gasteiger partial charge in [-0.2, -0.15) is 0 Å². The molecule has 1 saturated heterocycles. The molecule has 0 bridgehead atoms. The minimum Gasteiger partial charge on any atom is -0.490 e. The molecule has 0 radical (unpaired) electrons. The van der Waals surface area contributed by atoms with Gasteiger partial charge in [-0.05, 0) is 32.0 Å². The molecule has 0 saturated carbocycles. The number of carbonyl (C=O) groups is 1. The van der Waals surface area contributed by atoms with Gasteiger partial charge in [0.15, 0.2) is 11.5 Å². The number of amides is 1. The van der Waals surface area contributed by atoms with Crippen molar-refractivity contribution in [1.82, 2.24) is 5.32 Å². The van der Waals surface area contributed by atoms with Crippen molar-refractivity contribution in [2.45, 2.75) is 20.0 Å². The first-order valence-corrected chi connectivity index (χ1v) is 6.54. The molecule has 2 rings (SSSR count). The zero-order valence-corrected chi connectivity index (χ0v) is 11.3. The second-order valence-electron chi connectivity index (χ2n) is 4.19. The standard InChI is InChI=1S/C14H19NO4/c1-3-17-12-6-5-10(7-13(12)18-4-2)14(16)15-8-11-9-19-11/h5-7,11H,3-4,8-9H2,1-2H3,(H,15,16)/t11-/m0/s1. The van der Waals surface area contributed by atoms with Gasteiger partial charge in [0, 0.05) is 12.1 Å². The van der Waals surface area contributed by atoms with Gasteiger partial charge in [-0.25, -0.2) is 0 Å². The monoisotopic (exact) mass is 265 g/mol. The van der Waals surface area contributed by atoms with Gasteiger partial charge in [-0.15, -0.1) is 0 Å². The molecule has 19 heavy (non-hydrogen) atoms. The van der Waals surface area contributed by atoms with Crippen molar-refractivity contribution in [2.24, 2.45) is 0 Å². The van der Waals surface area contributed by atoms with E-state index >= 15 is 0 Å². The normalized spacial score (nSPS) is 16.8. The molecule has 0 spiro atoms. The Kier molecular flexibility index (Phi) is 4.63. The Morgan fingerprint density at radius 1 is 1.32 bits per heavy atom. The second-order valence-corrected chi connectivity index (χ2v) is 4.19. The Balaban J connectivity index is 2.06. The molecule has 1 N–H and O–H groups in total. The van der Waals surface area contributed by atoms with Crippen LogP contribution < -0.4 is 14.8 Å². The lowest BCUT2D eigenvalue weighted by atomic mass is 10.2. The highest BCUT2D eigenvalue weighted by atomic mass is 16.6. The fourth-order valence-electron chi connectivity index (χ4n) is 1.69. The zero-order valence-electron chi connectivity index (χ0n) is 11.3. The Hall–Kier alpha value is -1.75. The van der Waals surface area contributed by atoms with Crippen molar-refractivity contribution in [3.05, 3.63) is 23.8 Å². The molecule has 0 unspecified atom stereocenters. The van der Waals surface area contributed by atoms with E-state index in [1.807, 2.05) is 13.8 Å². The lowest BCUT2D eigenvalue weighted by molar-refractivity contribution is 0.0950. The summed E-state index contributed by atoms with van der Waals surface area (Å²) in [6.45, 7) is 6.17. The van der Waals surface area contributed by atoms with Crippen LogP contribution in [0.5, 0.6) is 11.5 Å². The zero-order chi connectivity index (χ0) is 13.7. The van der Waals surface area contributed by atoms with E-state index in [-0.39, 0.29) is 12.0 Å². The number of nitrogens with one attached hydrogen (secondary N) is 1. The van der Waals surface area contributed by atoms with E-state index in [1.165, 1.54) is 0 Å². The highest BCUT2D eigenvalue weighted by Gasteiger charge is 2.23. The number of epoxide rings is 1. The van der Waals surface area contributed by atoms with E-state index in [2.05, 4.69) is 5.32 Å². The molecule has 1 aliphatic rings. The lowest BCUT2D eigenvalue weighted by Gasteiger charge is -2.12. The van der Waals surface area contributed by atoms with Crippen LogP contribution in [-0.2, 0) is 4.74 Å². The third-order valence-corrected chi connectivity index (χ3v) is 2.70. The van der Waals surface area contributed by atoms with E-state index < -0.39 is 0 Å². The molecule has 5 nitrogen and oxygen atoms in total. The van der Waals surface area contributed by atoms with Crippen LogP contribution in [0.15, 0.2) is 18.2 Å². The van der Waals surface area contributed by atoms with Gasteiger partial charge in [0.1, 0.15) is 0 Å². The van der Waals surface area contributed by atoms with Crippen molar-refractivity contribution >= 4 is 5.91 Å². The van der Waals surface area contributed by atoms with E-state index in [4.69, 9.17) is 14.2 Å². The van der Waals surface area contributed by atoms with Crippen LogP contribution in [0.3, 0.4) is 0 Å². The van der Waals surface area contributed by atoms with Gasteiger partial charge in [0.25, 0.3) is 5.91 Å². The summed E-state index contributed by atoms with van der Waals surface area (Å²) in [5, 5.41) is 2.82. The van der Waals surface area contributed by atoms with Gasteiger partial charge in [-0.3, -0.25) is 4.79 Å². The van der Waals surface area contributed by atoms with Crippen LogP contribution in [0.4, 0.5) is 0 Å². The summed E-state index contributed by atoms with van der Waals surface area (Å²) in [7, 11) is 0. The quantitative estimate of drug-likeness (QED) is 0.761. The van der Waals surface area contributed by atoms with Gasteiger partial charge in [0.2, 0.25) is 0 Å². The average molecular weight is 265 g/mol. The topological polar surface area (TPSA) is 60.1 Å². The van der Waals surface area contributed by atoms with Crippen molar-refractivity contribution in [1.29, 1.82) is 0 Å². The molecule has 1 aromatic rings. The smallest absolute Gasteiger partial charge is 0.251 e. The fourth-order valence-corrected chi connectivity index (χ4v) is 1.69. The Labute approximate surface area is 112 Å². The number of benzene rings is 1. The molecule has 1 aliphatic heterocycles. The highest BCUT2D eigenvalue weighted by Crippen LogP contribution is 2.28. The first-order chi connectivity index (χ1) is 9.24. The molecule has 1 heterocycles. The summed E-state index contributed by atoms with van der Waals surface area (Å²) < 4.78 is 16.0. The highest BCUT2D eigenvalue weighted by molar-refractivity contribution is 5.94. The third kappa shape index (κ3) is 3.86. The second kappa shape index (κ2) is 6.43. The van der Waals surface area contributed by atoms with E-state index in [0.717, 1.165) is 6.61 Å². The third-order valence-electron chi connectivity index (χ3n) is 2.70. The number of carbonyl (C=O) groups excluding carboxylic acids is 1. The van der Waals surface area contributed by atoms with Gasteiger partial charge in [-0.1, -0.05) is 0 Å². The molecule has 1 atom stereocenters. The van der Waals surface area contributed by atoms with Crippen LogP contribution in [0, 0.1) is 0 Å². The Morgan fingerprint density at radius 3 is 2.63 bits per heavy atom. The Morgan fingerprint density at radius 2 is 2.00 bits per heavy atom. The summed E-state index contributed by atoms with van der Waals surface area (Å²) >= 11 is 0. The Bertz CT molecular complexity index is 443. The average Bonchev–Trinajstić information content (AvgIpc) is 3.22. The molecule has 1 fully saturated rings. The number of ether oxygens (including phenoxy) is 3. The molecule has 1 amide bonds. The van der Waals surface area contributed by atoms with Crippen molar-refractivity contribution in [3.63, 3.8) is 0 Å². The first kappa shape index (κ1) is 13.7. The van der Waals surface area contributed by atoms with Crippen LogP contribution >= 0.6 is 0 Å². The minimum atomic E-state index is -0.125. The molecule has 1 aromatic carbocycles. The summed E-state index contributed by atoms with van der Waals surface area (Å²) in [4.78, 5) is 11.9. The van der Waals surface area contributed by atoms with Crippen LogP contribution in [0.25, 0.3) is 0 Å². The predicted molar refractivity (Wildman–Crippen MR) is 70.9 cm³/mol. The maximum atomic E-state index is 11.9. The number of hydrogen-bond acceptors (Lipinski definition) is 4. The first-order valence-electron chi connectivity index (χ1n) is 6.54. The van der Waals surface area contributed by atoms with E-state index in [9.17, 15) is 4.79 Å². The number of rotatable bonds is 7. The lowest BCUT2D eigenvalue weighted by Crippen LogP contribution is -2.27. The van der Waals surface area contributed by atoms with Crippen molar-refractivity contribution in [2.75, 3.05) is 26.4 Å². The predicted octanol–water partition coefficient (Wildman–Crippen LogP) is 1.61. The van der Waals surface area contributed by atoms with Crippen LogP contribution in [-0.4, -0.2) is 38.4 Å². The maximum Gasteiger partial charge on any atom is 0.251 e. The van der Waals surface area contributed by atoms with E-state index in [1.54, 1.807) is 18.2 Å². The van der Waals surface area contributed by atoms with Gasteiger partial charge >= 0.3 is 0 Å². The fraction of sp³-hybridized carbons (Fsp3) is 0.500. The summed E-state index contributed by atoms with van der Waals surface area (Å²) in [6, 6.07) is 5.20. The molecular formula is C14H19NO4. The van der Waals surface area contributed by atoms with Gasteiger partial charge < -0.3 is 19.5 Å². The van der Waals surface area contributed by atoms with E-state index in [0.29, 0.717) is 36.8 Å². The van der Waals surface area contributed by atoms with Crippen molar-refractivity contribution in [3.8, 4) is 11.5 Å². The number of hydrogen-bond donors (Lipinski definition) is 1. The summed E-state index contributed by atoms with van der Waals surface area (Å²) in [5.41, 5.74) is 0.563. The van der Waals surface area contributed by atoms with Crippen LogP contribution in [0.1, 0.15) is 24.2 Å². The molecule has 0 aliphatic carbocycles. The molecule has 104 valence electrons. The SMILES string of the molecule is CCOc1ccc(C(=O)NC[C@H]2CO2)cc1OCC. The minimum absolute atomic E-state index is 0.125. The molecule has 5 heteroatoms.